The first kappa shape index (κ1) is 20.4. The van der Waals surface area contributed by atoms with Crippen molar-refractivity contribution in [3.05, 3.63) is 74.9 Å². The van der Waals surface area contributed by atoms with Gasteiger partial charge in [-0.2, -0.15) is 0 Å². The number of nitrogens with zero attached hydrogens (tertiary/aromatic N) is 1. The molecular weight excluding hydrogens is 392 g/mol. The lowest BCUT2D eigenvalue weighted by atomic mass is 10.2. The Morgan fingerprint density at radius 2 is 1.69 bits per heavy atom. The molecule has 0 saturated heterocycles. The van der Waals surface area contributed by atoms with E-state index in [-0.39, 0.29) is 24.6 Å². The van der Waals surface area contributed by atoms with Gasteiger partial charge in [0.2, 0.25) is 11.8 Å². The number of para-hydroxylation sites is 1. The summed E-state index contributed by atoms with van der Waals surface area (Å²) in [6.07, 6.45) is -0.0403. The number of nitrogens with one attached hydrogen (secondary N) is 3. The van der Waals surface area contributed by atoms with Gasteiger partial charge >= 0.3 is 5.69 Å². The molecule has 3 aromatic rings. The number of fused-ring (bicyclic) bond motifs is 1. The average Bonchev–Trinajstić information content (AvgIpc) is 2.71. The molecule has 0 radical (unpaired) electrons. The third kappa shape index (κ3) is 5.35. The molecule has 0 aliphatic heterocycles. The fourth-order valence-electron chi connectivity index (χ4n) is 2.70. The molecule has 0 bridgehead atoms. The number of hydrazine groups is 1. The Balaban J connectivity index is 1.51. The van der Waals surface area contributed by atoms with Crippen LogP contribution < -0.4 is 22.1 Å². The molecule has 0 fully saturated rings. The summed E-state index contributed by atoms with van der Waals surface area (Å²) < 4.78 is 1.32. The monoisotopic (exact) mass is 412 g/mol. The number of benzene rings is 2. The van der Waals surface area contributed by atoms with Crippen LogP contribution in [-0.4, -0.2) is 27.1 Å². The number of H-pyrrole nitrogens is 1. The lowest BCUT2D eigenvalue weighted by Gasteiger charge is -2.10. The van der Waals surface area contributed by atoms with Crippen molar-refractivity contribution in [2.45, 2.75) is 24.8 Å². The van der Waals surface area contributed by atoms with Crippen LogP contribution in [0.3, 0.4) is 0 Å². The number of hydrogen-bond acceptors (Lipinski definition) is 5. The molecule has 3 rings (SSSR count). The molecule has 0 atom stereocenters. The summed E-state index contributed by atoms with van der Waals surface area (Å²) in [6.45, 7) is 2.05. The lowest BCUT2D eigenvalue weighted by Crippen LogP contribution is -2.43. The molecule has 2 amide bonds. The highest BCUT2D eigenvalue weighted by Crippen LogP contribution is 2.17. The van der Waals surface area contributed by atoms with Crippen LogP contribution >= 0.6 is 11.8 Å². The van der Waals surface area contributed by atoms with Crippen LogP contribution in [0, 0.1) is 6.92 Å². The molecule has 9 heteroatoms. The number of aromatic amines is 1. The highest BCUT2D eigenvalue weighted by Gasteiger charge is 2.10. The Kier molecular flexibility index (Phi) is 6.50. The third-order valence-corrected chi connectivity index (χ3v) is 5.21. The Morgan fingerprint density at radius 3 is 2.45 bits per heavy atom. The van der Waals surface area contributed by atoms with Gasteiger partial charge in [0.25, 0.3) is 5.56 Å². The van der Waals surface area contributed by atoms with Crippen molar-refractivity contribution in [1.29, 1.82) is 0 Å². The van der Waals surface area contributed by atoms with Crippen LogP contribution in [0.25, 0.3) is 10.9 Å². The van der Waals surface area contributed by atoms with Crippen molar-refractivity contribution in [1.82, 2.24) is 20.4 Å². The maximum Gasteiger partial charge on any atom is 0.328 e. The summed E-state index contributed by atoms with van der Waals surface area (Å²) in [7, 11) is 0. The van der Waals surface area contributed by atoms with Crippen LogP contribution in [0.1, 0.15) is 12.0 Å². The molecule has 29 heavy (non-hydrogen) atoms. The van der Waals surface area contributed by atoms with Gasteiger partial charge in [-0.05, 0) is 31.2 Å². The maximum absolute atomic E-state index is 12.1. The zero-order valence-corrected chi connectivity index (χ0v) is 16.5. The zero-order chi connectivity index (χ0) is 20.8. The number of carbonyl (C=O) groups is 2. The second-order valence-electron chi connectivity index (χ2n) is 6.38. The molecule has 1 heterocycles. The highest BCUT2D eigenvalue weighted by molar-refractivity contribution is 8.00. The van der Waals surface area contributed by atoms with E-state index >= 15 is 0 Å². The van der Waals surface area contributed by atoms with Gasteiger partial charge in [-0.25, -0.2) is 4.79 Å². The normalized spacial score (nSPS) is 10.7. The molecule has 0 spiro atoms. The summed E-state index contributed by atoms with van der Waals surface area (Å²) in [5, 5.41) is 0.369. The van der Waals surface area contributed by atoms with E-state index in [4.69, 9.17) is 0 Å². The van der Waals surface area contributed by atoms with E-state index in [1.54, 1.807) is 24.3 Å². The van der Waals surface area contributed by atoms with Crippen molar-refractivity contribution in [2.24, 2.45) is 0 Å². The number of aryl methyl sites for hydroxylation is 2. The second kappa shape index (κ2) is 9.24. The van der Waals surface area contributed by atoms with Crippen molar-refractivity contribution in [3.63, 3.8) is 0 Å². The second-order valence-corrected chi connectivity index (χ2v) is 7.42. The number of hydrogen-bond donors (Lipinski definition) is 3. The first-order valence-electron chi connectivity index (χ1n) is 8.93. The highest BCUT2D eigenvalue weighted by atomic mass is 32.2. The minimum absolute atomic E-state index is 0.0403. The topological polar surface area (TPSA) is 113 Å². The quantitative estimate of drug-likeness (QED) is 0.418. The van der Waals surface area contributed by atoms with E-state index in [1.807, 2.05) is 31.2 Å². The van der Waals surface area contributed by atoms with Crippen LogP contribution in [0.2, 0.25) is 0 Å². The average molecular weight is 412 g/mol. The van der Waals surface area contributed by atoms with Crippen molar-refractivity contribution < 1.29 is 9.59 Å². The molecule has 0 aliphatic carbocycles. The van der Waals surface area contributed by atoms with Crippen molar-refractivity contribution in [3.8, 4) is 0 Å². The predicted octanol–water partition coefficient (Wildman–Crippen LogP) is 1.33. The van der Waals surface area contributed by atoms with Gasteiger partial charge in [-0.1, -0.05) is 29.8 Å². The number of aromatic nitrogens is 2. The van der Waals surface area contributed by atoms with Gasteiger partial charge in [0.1, 0.15) is 0 Å². The minimum Gasteiger partial charge on any atom is -0.293 e. The summed E-state index contributed by atoms with van der Waals surface area (Å²) in [5.74, 6) is -0.621. The Labute approximate surface area is 170 Å². The molecule has 0 aliphatic rings. The Morgan fingerprint density at radius 1 is 1.00 bits per heavy atom. The van der Waals surface area contributed by atoms with E-state index in [1.165, 1.54) is 16.3 Å². The van der Waals surface area contributed by atoms with Gasteiger partial charge in [0.15, 0.2) is 0 Å². The number of amides is 2. The summed E-state index contributed by atoms with van der Waals surface area (Å²) in [4.78, 5) is 51.0. The predicted molar refractivity (Wildman–Crippen MR) is 112 cm³/mol. The standard InChI is InChI=1S/C20H20N4O4S/c1-13-6-8-14(9-7-13)29-12-18(26)23-22-17(25)10-11-24-16-5-3-2-4-15(16)19(27)21-20(24)28/h2-9H,10-12H2,1H3,(H,22,25)(H,23,26)(H,21,27,28). The minimum atomic E-state index is -0.583. The molecule has 8 nitrogen and oxygen atoms in total. The van der Waals surface area contributed by atoms with Crippen molar-refractivity contribution >= 4 is 34.5 Å². The molecule has 2 aromatic carbocycles. The molecule has 1 aromatic heterocycles. The van der Waals surface area contributed by atoms with Gasteiger partial charge in [0, 0.05) is 17.9 Å². The fourth-order valence-corrected chi connectivity index (χ4v) is 3.40. The van der Waals surface area contributed by atoms with Gasteiger partial charge in [-0.15, -0.1) is 11.8 Å². The summed E-state index contributed by atoms with van der Waals surface area (Å²) in [6, 6.07) is 14.4. The van der Waals surface area contributed by atoms with Gasteiger partial charge < -0.3 is 0 Å². The zero-order valence-electron chi connectivity index (χ0n) is 15.7. The van der Waals surface area contributed by atoms with Crippen LogP contribution in [0.15, 0.2) is 63.0 Å². The van der Waals surface area contributed by atoms with Crippen molar-refractivity contribution in [2.75, 3.05) is 5.75 Å². The molecule has 150 valence electrons. The lowest BCUT2D eigenvalue weighted by molar-refractivity contribution is -0.127. The van der Waals surface area contributed by atoms with E-state index < -0.39 is 17.2 Å². The smallest absolute Gasteiger partial charge is 0.293 e. The van der Waals surface area contributed by atoms with E-state index in [0.29, 0.717) is 10.9 Å². The van der Waals surface area contributed by atoms with Crippen LogP contribution in [-0.2, 0) is 16.1 Å². The van der Waals surface area contributed by atoms with Crippen LogP contribution in [0.5, 0.6) is 0 Å². The van der Waals surface area contributed by atoms with Gasteiger partial charge in [0.05, 0.1) is 16.7 Å². The number of thioether (sulfide) groups is 1. The number of rotatable bonds is 6. The molecular formula is C20H20N4O4S. The van der Waals surface area contributed by atoms with E-state index in [0.717, 1.165) is 10.5 Å². The Hall–Kier alpha value is -3.33. The molecule has 3 N–H and O–H groups in total. The number of carbonyl (C=O) groups excluding carboxylic acids is 2. The van der Waals surface area contributed by atoms with E-state index in [2.05, 4.69) is 15.8 Å². The third-order valence-electron chi connectivity index (χ3n) is 4.20. The maximum atomic E-state index is 12.1. The largest absolute Gasteiger partial charge is 0.328 e. The first-order valence-corrected chi connectivity index (χ1v) is 9.91. The Bertz CT molecular complexity index is 1150. The van der Waals surface area contributed by atoms with Gasteiger partial charge in [-0.3, -0.25) is 34.8 Å². The SMILES string of the molecule is Cc1ccc(SCC(=O)NNC(=O)CCn2c(=O)[nH]c(=O)c3ccccc32)cc1. The van der Waals surface area contributed by atoms with Crippen LogP contribution in [0.4, 0.5) is 0 Å². The molecule has 0 unspecified atom stereocenters. The molecule has 0 saturated carbocycles. The first-order chi connectivity index (χ1) is 13.9. The summed E-state index contributed by atoms with van der Waals surface area (Å²) >= 11 is 1.36. The fraction of sp³-hybridized carbons (Fsp3) is 0.200. The summed E-state index contributed by atoms with van der Waals surface area (Å²) in [5.41, 5.74) is 5.23. The van der Waals surface area contributed by atoms with E-state index in [9.17, 15) is 19.2 Å².